The fourth-order valence-corrected chi connectivity index (χ4v) is 2.23. The summed E-state index contributed by atoms with van der Waals surface area (Å²) in [5.74, 6) is -0.787. The van der Waals surface area contributed by atoms with Crippen molar-refractivity contribution in [1.29, 1.82) is 0 Å². The molecule has 3 heteroatoms. The molecule has 0 aromatic heterocycles. The number of nitrogens with one attached hydrogen (secondary N) is 1. The lowest BCUT2D eigenvalue weighted by Gasteiger charge is -2.17. The zero-order valence-corrected chi connectivity index (χ0v) is 9.94. The lowest BCUT2D eigenvalue weighted by Crippen LogP contribution is -2.19. The molecule has 0 amide bonds. The van der Waals surface area contributed by atoms with Gasteiger partial charge in [0.15, 0.2) is 0 Å². The molecule has 1 aromatic carbocycles. The Morgan fingerprint density at radius 3 is 2.65 bits per heavy atom. The minimum absolute atomic E-state index is 0.152. The zero-order chi connectivity index (χ0) is 12.3. The number of hydrogen-bond acceptors (Lipinski definition) is 2. The van der Waals surface area contributed by atoms with Crippen LogP contribution >= 0.6 is 0 Å². The van der Waals surface area contributed by atoms with Crippen LogP contribution in [0.5, 0.6) is 0 Å². The molecule has 0 saturated carbocycles. The quantitative estimate of drug-likeness (QED) is 0.837. The van der Waals surface area contributed by atoms with Crippen molar-refractivity contribution in [2.75, 3.05) is 0 Å². The van der Waals surface area contributed by atoms with Crippen molar-refractivity contribution in [3.8, 4) is 0 Å². The molecular formula is C14H17NO2. The van der Waals surface area contributed by atoms with E-state index in [4.69, 9.17) is 5.11 Å². The van der Waals surface area contributed by atoms with Gasteiger partial charge in [-0.1, -0.05) is 30.3 Å². The van der Waals surface area contributed by atoms with Crippen molar-refractivity contribution in [3.05, 3.63) is 47.2 Å². The molecule has 0 fully saturated rings. The summed E-state index contributed by atoms with van der Waals surface area (Å²) in [5, 5.41) is 12.4. The molecule has 90 valence electrons. The van der Waals surface area contributed by atoms with Crippen LogP contribution in [-0.2, 0) is 4.79 Å². The number of carboxylic acids is 1. The summed E-state index contributed by atoms with van der Waals surface area (Å²) in [7, 11) is 0. The summed E-state index contributed by atoms with van der Waals surface area (Å²) in [4.78, 5) is 11.0. The SMILES string of the molecule is CC(NC1=C(C(=O)O)CCC1)c1ccccc1. The highest BCUT2D eigenvalue weighted by Gasteiger charge is 2.21. The van der Waals surface area contributed by atoms with Gasteiger partial charge in [-0.3, -0.25) is 0 Å². The third-order valence-corrected chi connectivity index (χ3v) is 3.17. The van der Waals surface area contributed by atoms with Gasteiger partial charge in [-0.2, -0.15) is 0 Å². The molecule has 2 rings (SSSR count). The Kier molecular flexibility index (Phi) is 3.47. The molecule has 3 nitrogen and oxygen atoms in total. The molecule has 0 saturated heterocycles. The van der Waals surface area contributed by atoms with Crippen LogP contribution < -0.4 is 5.32 Å². The molecule has 0 bridgehead atoms. The van der Waals surface area contributed by atoms with Gasteiger partial charge in [0, 0.05) is 11.7 Å². The zero-order valence-electron chi connectivity index (χ0n) is 9.94. The number of carboxylic acid groups (broad SMARTS) is 1. The van der Waals surface area contributed by atoms with Gasteiger partial charge in [-0.15, -0.1) is 0 Å². The van der Waals surface area contributed by atoms with Crippen molar-refractivity contribution < 1.29 is 9.90 Å². The van der Waals surface area contributed by atoms with Crippen LogP contribution in [-0.4, -0.2) is 11.1 Å². The van der Waals surface area contributed by atoms with Crippen LogP contribution in [0.4, 0.5) is 0 Å². The maximum atomic E-state index is 11.0. The topological polar surface area (TPSA) is 49.3 Å². The fourth-order valence-electron chi connectivity index (χ4n) is 2.23. The first-order valence-electron chi connectivity index (χ1n) is 5.95. The van der Waals surface area contributed by atoms with E-state index in [0.717, 1.165) is 18.5 Å². The van der Waals surface area contributed by atoms with E-state index in [1.165, 1.54) is 5.56 Å². The second kappa shape index (κ2) is 5.04. The molecule has 2 N–H and O–H groups in total. The Hall–Kier alpha value is -1.77. The molecule has 1 aliphatic carbocycles. The summed E-state index contributed by atoms with van der Waals surface area (Å²) < 4.78 is 0. The van der Waals surface area contributed by atoms with Gasteiger partial charge in [-0.25, -0.2) is 4.79 Å². The number of carbonyl (C=O) groups is 1. The first kappa shape index (κ1) is 11.7. The van der Waals surface area contributed by atoms with E-state index in [0.29, 0.717) is 12.0 Å². The highest BCUT2D eigenvalue weighted by Crippen LogP contribution is 2.26. The van der Waals surface area contributed by atoms with Crippen LogP contribution in [0.25, 0.3) is 0 Å². The third-order valence-electron chi connectivity index (χ3n) is 3.17. The molecule has 1 atom stereocenters. The number of hydrogen-bond donors (Lipinski definition) is 2. The molecule has 1 aliphatic rings. The number of allylic oxidation sites excluding steroid dienone is 1. The van der Waals surface area contributed by atoms with Crippen LogP contribution in [0, 0.1) is 0 Å². The monoisotopic (exact) mass is 231 g/mol. The summed E-state index contributed by atoms with van der Waals surface area (Å²) >= 11 is 0. The molecule has 17 heavy (non-hydrogen) atoms. The normalized spacial score (nSPS) is 17.0. The lowest BCUT2D eigenvalue weighted by atomic mass is 10.1. The van der Waals surface area contributed by atoms with E-state index in [1.807, 2.05) is 30.3 Å². The smallest absolute Gasteiger partial charge is 0.333 e. The van der Waals surface area contributed by atoms with Crippen LogP contribution in [0.2, 0.25) is 0 Å². The molecule has 0 radical (unpaired) electrons. The van der Waals surface area contributed by atoms with E-state index >= 15 is 0 Å². The van der Waals surface area contributed by atoms with Crippen molar-refractivity contribution >= 4 is 5.97 Å². The average molecular weight is 231 g/mol. The Morgan fingerprint density at radius 2 is 2.00 bits per heavy atom. The largest absolute Gasteiger partial charge is 0.478 e. The molecule has 1 unspecified atom stereocenters. The Balaban J connectivity index is 2.11. The summed E-state index contributed by atoms with van der Waals surface area (Å²) in [6.07, 6.45) is 2.46. The maximum Gasteiger partial charge on any atom is 0.333 e. The van der Waals surface area contributed by atoms with Crippen LogP contribution in [0.1, 0.15) is 37.8 Å². The highest BCUT2D eigenvalue weighted by molar-refractivity contribution is 5.88. The van der Waals surface area contributed by atoms with Gasteiger partial charge in [0.2, 0.25) is 0 Å². The van der Waals surface area contributed by atoms with Crippen molar-refractivity contribution in [2.24, 2.45) is 0 Å². The second-order valence-electron chi connectivity index (χ2n) is 4.39. The Morgan fingerprint density at radius 1 is 1.29 bits per heavy atom. The molecule has 0 aliphatic heterocycles. The van der Waals surface area contributed by atoms with E-state index < -0.39 is 5.97 Å². The number of aliphatic carboxylic acids is 1. The first-order valence-corrected chi connectivity index (χ1v) is 5.95. The second-order valence-corrected chi connectivity index (χ2v) is 4.39. The maximum absolute atomic E-state index is 11.0. The van der Waals surface area contributed by atoms with Gasteiger partial charge in [-0.05, 0) is 31.7 Å². The highest BCUT2D eigenvalue weighted by atomic mass is 16.4. The van der Waals surface area contributed by atoms with Crippen LogP contribution in [0.3, 0.4) is 0 Å². The minimum Gasteiger partial charge on any atom is -0.478 e. The average Bonchev–Trinajstić information content (AvgIpc) is 2.78. The summed E-state index contributed by atoms with van der Waals surface area (Å²) in [6.45, 7) is 2.06. The third kappa shape index (κ3) is 2.67. The van der Waals surface area contributed by atoms with Gasteiger partial charge >= 0.3 is 5.97 Å². The summed E-state index contributed by atoms with van der Waals surface area (Å²) in [5.41, 5.74) is 2.62. The number of benzene rings is 1. The minimum atomic E-state index is -0.787. The Labute approximate surface area is 101 Å². The molecule has 0 heterocycles. The van der Waals surface area contributed by atoms with Gasteiger partial charge in [0.25, 0.3) is 0 Å². The Bertz CT molecular complexity index is 437. The van der Waals surface area contributed by atoms with Crippen molar-refractivity contribution in [3.63, 3.8) is 0 Å². The van der Waals surface area contributed by atoms with Crippen molar-refractivity contribution in [2.45, 2.75) is 32.2 Å². The van der Waals surface area contributed by atoms with Gasteiger partial charge in [0.05, 0.1) is 5.57 Å². The van der Waals surface area contributed by atoms with E-state index in [9.17, 15) is 4.79 Å². The number of rotatable bonds is 4. The van der Waals surface area contributed by atoms with Crippen molar-refractivity contribution in [1.82, 2.24) is 5.32 Å². The van der Waals surface area contributed by atoms with Crippen LogP contribution in [0.15, 0.2) is 41.6 Å². The van der Waals surface area contributed by atoms with E-state index in [2.05, 4.69) is 12.2 Å². The van der Waals surface area contributed by atoms with E-state index in [1.54, 1.807) is 0 Å². The predicted octanol–water partition coefficient (Wildman–Crippen LogP) is 2.86. The molecule has 1 aromatic rings. The lowest BCUT2D eigenvalue weighted by molar-refractivity contribution is -0.132. The fraction of sp³-hybridized carbons (Fsp3) is 0.357. The first-order chi connectivity index (χ1) is 8.18. The molecule has 0 spiro atoms. The standard InChI is InChI=1S/C14H17NO2/c1-10(11-6-3-2-4-7-11)15-13-9-5-8-12(13)14(16)17/h2-4,6-7,10,15H,5,8-9H2,1H3,(H,16,17). The van der Waals surface area contributed by atoms with Gasteiger partial charge < -0.3 is 10.4 Å². The molecular weight excluding hydrogens is 214 g/mol. The van der Waals surface area contributed by atoms with Gasteiger partial charge in [0.1, 0.15) is 0 Å². The predicted molar refractivity (Wildman–Crippen MR) is 66.5 cm³/mol. The van der Waals surface area contributed by atoms with E-state index in [-0.39, 0.29) is 6.04 Å². The summed E-state index contributed by atoms with van der Waals surface area (Å²) in [6, 6.07) is 10.2.